The molecule has 1 N–H and O–H groups in total. The van der Waals surface area contributed by atoms with Gasteiger partial charge < -0.3 is 24.6 Å². The molecule has 0 radical (unpaired) electrons. The normalized spacial score (nSPS) is 17.7. The minimum Gasteiger partial charge on any atom is -0.490 e. The number of fused-ring (bicyclic) bond motifs is 1. The number of halogens is 4. The second kappa shape index (κ2) is 11.2. The van der Waals surface area contributed by atoms with E-state index >= 15 is 0 Å². The summed E-state index contributed by atoms with van der Waals surface area (Å²) in [6.07, 6.45) is 1.48. The van der Waals surface area contributed by atoms with E-state index in [1.165, 1.54) is 20.0 Å². The Morgan fingerprint density at radius 3 is 2.74 bits per heavy atom. The van der Waals surface area contributed by atoms with E-state index < -0.39 is 30.5 Å². The minimum absolute atomic E-state index is 0.108. The fraction of sp³-hybridized carbons (Fsp3) is 0.483. The molecule has 1 spiro atoms. The van der Waals surface area contributed by atoms with Crippen molar-refractivity contribution in [3.05, 3.63) is 59.3 Å². The smallest absolute Gasteiger partial charge is 0.406 e. The van der Waals surface area contributed by atoms with E-state index in [2.05, 4.69) is 25.5 Å². The van der Waals surface area contributed by atoms with Gasteiger partial charge in [0.25, 0.3) is 5.91 Å². The summed E-state index contributed by atoms with van der Waals surface area (Å²) in [5.74, 6) is -0.603. The molecule has 1 amide bonds. The maximum Gasteiger partial charge on any atom is 0.406 e. The van der Waals surface area contributed by atoms with Crippen molar-refractivity contribution in [2.45, 2.75) is 58.0 Å². The molecule has 228 valence electrons. The molecule has 4 heterocycles. The molecule has 0 unspecified atom stereocenters. The Labute approximate surface area is 245 Å². The predicted molar refractivity (Wildman–Crippen MR) is 146 cm³/mol. The number of alkyl halides is 3. The van der Waals surface area contributed by atoms with E-state index in [0.717, 1.165) is 80.6 Å². The average molecular weight is 602 g/mol. The molecule has 3 aliphatic rings. The molecular weight excluding hydrogens is 570 g/mol. The summed E-state index contributed by atoms with van der Waals surface area (Å²) < 4.78 is 65.6. The van der Waals surface area contributed by atoms with Gasteiger partial charge in [0.1, 0.15) is 30.0 Å². The third-order valence-corrected chi connectivity index (χ3v) is 8.07. The summed E-state index contributed by atoms with van der Waals surface area (Å²) in [6, 6.07) is 3.96. The van der Waals surface area contributed by atoms with Gasteiger partial charge in [0.2, 0.25) is 0 Å². The molecule has 1 aliphatic carbocycles. The highest BCUT2D eigenvalue weighted by Gasteiger charge is 2.54. The third kappa shape index (κ3) is 6.19. The van der Waals surface area contributed by atoms with E-state index in [4.69, 9.17) is 9.47 Å². The van der Waals surface area contributed by atoms with Gasteiger partial charge in [0.15, 0.2) is 5.82 Å². The van der Waals surface area contributed by atoms with Gasteiger partial charge in [0, 0.05) is 61.5 Å². The van der Waals surface area contributed by atoms with Gasteiger partial charge in [0.05, 0.1) is 11.8 Å². The zero-order valence-corrected chi connectivity index (χ0v) is 23.7. The van der Waals surface area contributed by atoms with Gasteiger partial charge in [-0.2, -0.15) is 23.3 Å². The van der Waals surface area contributed by atoms with Crippen molar-refractivity contribution in [2.75, 3.05) is 31.1 Å². The first-order chi connectivity index (χ1) is 20.5. The van der Waals surface area contributed by atoms with Crippen LogP contribution in [-0.4, -0.2) is 75.5 Å². The van der Waals surface area contributed by atoms with Crippen molar-refractivity contribution >= 4 is 11.7 Å². The Kier molecular flexibility index (Phi) is 7.57. The molecule has 1 saturated carbocycles. The number of benzene rings is 1. The van der Waals surface area contributed by atoms with E-state index in [9.17, 15) is 22.4 Å². The number of nitrogens with one attached hydrogen (secondary N) is 1. The van der Waals surface area contributed by atoms with Gasteiger partial charge in [-0.3, -0.25) is 9.78 Å². The number of anilines is 1. The van der Waals surface area contributed by atoms with Crippen LogP contribution in [-0.2, 0) is 13.0 Å². The number of rotatable bonds is 8. The molecule has 1 saturated heterocycles. The third-order valence-electron chi connectivity index (χ3n) is 8.07. The topological polar surface area (TPSA) is 106 Å². The minimum atomic E-state index is -4.63. The second-order valence-electron chi connectivity index (χ2n) is 11.6. The van der Waals surface area contributed by atoms with Crippen LogP contribution in [0.2, 0.25) is 0 Å². The lowest BCUT2D eigenvalue weighted by Crippen LogP contribution is -2.65. The molecular formula is C29H31F4N7O3. The maximum absolute atomic E-state index is 14.1. The molecule has 43 heavy (non-hydrogen) atoms. The number of hydrogen-bond donors (Lipinski definition) is 1. The number of nitrogens with zero attached hydrogens (tertiary/aromatic N) is 6. The van der Waals surface area contributed by atoms with Crippen LogP contribution in [0, 0.1) is 11.2 Å². The number of amides is 1. The Morgan fingerprint density at radius 1 is 1.21 bits per heavy atom. The molecule has 3 aromatic rings. The summed E-state index contributed by atoms with van der Waals surface area (Å²) in [5, 5.41) is 11.2. The van der Waals surface area contributed by atoms with Crippen LogP contribution in [0.3, 0.4) is 0 Å². The van der Waals surface area contributed by atoms with E-state index in [-0.39, 0.29) is 28.8 Å². The van der Waals surface area contributed by atoms with Crippen molar-refractivity contribution in [3.8, 4) is 17.5 Å². The maximum atomic E-state index is 14.1. The van der Waals surface area contributed by atoms with Crippen molar-refractivity contribution in [2.24, 2.45) is 5.41 Å². The summed E-state index contributed by atoms with van der Waals surface area (Å²) in [6.45, 7) is 4.55. The zero-order valence-electron chi connectivity index (χ0n) is 23.7. The summed E-state index contributed by atoms with van der Waals surface area (Å²) in [4.78, 5) is 24.6. The van der Waals surface area contributed by atoms with Crippen LogP contribution in [0.4, 0.5) is 23.4 Å². The number of carbonyl (C=O) groups is 1. The number of carbonyl (C=O) groups excluding carboxylic acids is 1. The van der Waals surface area contributed by atoms with Crippen LogP contribution in [0.25, 0.3) is 0 Å². The molecule has 14 heteroatoms. The number of aromatic nitrogens is 4. The largest absolute Gasteiger partial charge is 0.490 e. The Morgan fingerprint density at radius 2 is 2.00 bits per heavy atom. The fourth-order valence-corrected chi connectivity index (χ4v) is 5.97. The SMILES string of the molecule is CC(C)N(CC(F)(F)F)C(=O)c1cc(F)ccc1Oc1nncc(N2CC3(CC(Oc4ccnc5c4CNCC5)C3)C2)n1. The molecule has 1 aromatic carbocycles. The molecule has 0 bridgehead atoms. The van der Waals surface area contributed by atoms with Crippen LogP contribution in [0.5, 0.6) is 17.5 Å². The number of ether oxygens (including phenoxy) is 2. The Bertz CT molecular complexity index is 1510. The number of hydrogen-bond acceptors (Lipinski definition) is 9. The Hall–Kier alpha value is -4.07. The Balaban J connectivity index is 1.09. The zero-order chi connectivity index (χ0) is 30.4. The highest BCUT2D eigenvalue weighted by Crippen LogP contribution is 2.51. The van der Waals surface area contributed by atoms with Gasteiger partial charge >= 0.3 is 12.2 Å². The molecule has 6 rings (SSSR count). The van der Waals surface area contributed by atoms with E-state index in [1.54, 1.807) is 6.20 Å². The molecule has 0 atom stereocenters. The van der Waals surface area contributed by atoms with E-state index in [0.29, 0.717) is 10.7 Å². The quantitative estimate of drug-likeness (QED) is 0.379. The van der Waals surface area contributed by atoms with Gasteiger partial charge in [-0.25, -0.2) is 4.39 Å². The number of pyridine rings is 1. The fourth-order valence-electron chi connectivity index (χ4n) is 5.97. The van der Waals surface area contributed by atoms with Crippen molar-refractivity contribution in [1.82, 2.24) is 30.4 Å². The molecule has 2 aliphatic heterocycles. The first kappa shape index (κ1) is 29.0. The van der Waals surface area contributed by atoms with Gasteiger partial charge in [-0.05, 0) is 51.0 Å². The first-order valence-electron chi connectivity index (χ1n) is 14.1. The molecule has 10 nitrogen and oxygen atoms in total. The second-order valence-corrected chi connectivity index (χ2v) is 11.6. The molecule has 2 aromatic heterocycles. The monoisotopic (exact) mass is 601 g/mol. The highest BCUT2D eigenvalue weighted by molar-refractivity contribution is 5.97. The summed E-state index contributed by atoms with van der Waals surface area (Å²) >= 11 is 0. The lowest BCUT2D eigenvalue weighted by atomic mass is 9.62. The highest BCUT2D eigenvalue weighted by atomic mass is 19.4. The van der Waals surface area contributed by atoms with Crippen molar-refractivity contribution in [3.63, 3.8) is 0 Å². The van der Waals surface area contributed by atoms with Gasteiger partial charge in [-0.15, -0.1) is 0 Å². The van der Waals surface area contributed by atoms with Crippen molar-refractivity contribution in [1.29, 1.82) is 0 Å². The average Bonchev–Trinajstić information content (AvgIpc) is 2.92. The lowest BCUT2D eigenvalue weighted by Gasteiger charge is -2.58. The van der Waals surface area contributed by atoms with Crippen LogP contribution in [0.1, 0.15) is 48.3 Å². The van der Waals surface area contributed by atoms with Crippen LogP contribution >= 0.6 is 0 Å². The van der Waals surface area contributed by atoms with E-state index in [1.807, 2.05) is 11.0 Å². The summed E-state index contributed by atoms with van der Waals surface area (Å²) in [5.41, 5.74) is 1.96. The molecule has 2 fully saturated rings. The standard InChI is InChI=1S/C29H31F4N7O3/c1-17(2)40(16-29(31,32)33)26(41)20-9-18(30)3-4-23(20)43-27-37-25(13-36-38-27)39-14-28(15-39)10-19(11-28)42-24-6-8-35-22-5-7-34-12-21(22)24/h3-4,6,8-9,13,17,19,34H,5,7,10-12,14-16H2,1-2H3. The van der Waals surface area contributed by atoms with Crippen molar-refractivity contribution < 1.29 is 31.8 Å². The first-order valence-corrected chi connectivity index (χ1v) is 14.1. The summed E-state index contributed by atoms with van der Waals surface area (Å²) in [7, 11) is 0. The predicted octanol–water partition coefficient (Wildman–Crippen LogP) is 4.30. The van der Waals surface area contributed by atoms with Crippen LogP contribution in [0.15, 0.2) is 36.7 Å². The lowest BCUT2D eigenvalue weighted by molar-refractivity contribution is -0.143. The van der Waals surface area contributed by atoms with Gasteiger partial charge in [-0.1, -0.05) is 5.10 Å². The van der Waals surface area contributed by atoms with Crippen LogP contribution < -0.4 is 19.7 Å².